The van der Waals surface area contributed by atoms with Gasteiger partial charge in [0.25, 0.3) is 5.78 Å². The Labute approximate surface area is 225 Å². The van der Waals surface area contributed by atoms with Crippen molar-refractivity contribution < 1.29 is 24.2 Å². The van der Waals surface area contributed by atoms with Gasteiger partial charge in [-0.25, -0.2) is 4.98 Å². The molecule has 7 nitrogen and oxygen atoms in total. The number of rotatable bonds is 7. The predicted molar refractivity (Wildman–Crippen MR) is 149 cm³/mol. The van der Waals surface area contributed by atoms with Crippen molar-refractivity contribution >= 4 is 44.1 Å². The number of Topliss-reactive ketones (excluding diaryl/α,β-unsaturated/α-hetero) is 1. The van der Waals surface area contributed by atoms with Gasteiger partial charge in [-0.3, -0.25) is 14.5 Å². The lowest BCUT2D eigenvalue weighted by molar-refractivity contribution is -0.132. The number of ketones is 1. The Morgan fingerprint density at radius 3 is 2.34 bits per heavy atom. The molecule has 0 bridgehead atoms. The molecule has 3 aromatic carbocycles. The van der Waals surface area contributed by atoms with Crippen LogP contribution in [0, 0.1) is 0 Å². The minimum atomic E-state index is -0.842. The molecular formula is C30H28N2O5S. The van der Waals surface area contributed by atoms with Crippen LogP contribution in [0.1, 0.15) is 49.4 Å². The standard InChI is InChI=1S/C30H28N2O5S/c1-5-37-21-12-10-20(11-13-21)27(33)25-26(19-8-6-18(7-9-19)17(2)3)32(29(35)28(25)34)30-31-23-15-14-22(36-4)16-24(23)38-30/h6-17,26,33H,5H2,1-4H3/b27-25+/t26-/m1/s1. The Balaban J connectivity index is 1.67. The number of hydrogen-bond donors (Lipinski definition) is 1. The largest absolute Gasteiger partial charge is 0.507 e. The van der Waals surface area contributed by atoms with E-state index in [1.54, 1.807) is 37.4 Å². The Morgan fingerprint density at radius 1 is 1.03 bits per heavy atom. The number of hydrogen-bond acceptors (Lipinski definition) is 7. The summed E-state index contributed by atoms with van der Waals surface area (Å²) < 4.78 is 11.7. The Kier molecular flexibility index (Phi) is 6.91. The number of aliphatic hydroxyl groups excluding tert-OH is 1. The molecule has 0 unspecified atom stereocenters. The summed E-state index contributed by atoms with van der Waals surface area (Å²) in [7, 11) is 1.59. The molecule has 1 fully saturated rings. The van der Waals surface area contributed by atoms with Crippen molar-refractivity contribution in [3.05, 3.63) is 89.0 Å². The van der Waals surface area contributed by atoms with Gasteiger partial charge in [0, 0.05) is 5.56 Å². The molecule has 1 atom stereocenters. The van der Waals surface area contributed by atoms with E-state index in [1.807, 2.05) is 43.3 Å². The van der Waals surface area contributed by atoms with Crippen molar-refractivity contribution in [2.45, 2.75) is 32.7 Å². The van der Waals surface area contributed by atoms with Gasteiger partial charge in [0.2, 0.25) is 0 Å². The second kappa shape index (κ2) is 10.3. The molecular weight excluding hydrogens is 500 g/mol. The maximum absolute atomic E-state index is 13.5. The van der Waals surface area contributed by atoms with Crippen molar-refractivity contribution in [3.63, 3.8) is 0 Å². The molecule has 1 amide bonds. The molecule has 1 N–H and O–H groups in total. The number of ether oxygens (including phenoxy) is 2. The summed E-state index contributed by atoms with van der Waals surface area (Å²) in [6.45, 7) is 6.60. The van der Waals surface area contributed by atoms with Gasteiger partial charge in [0.05, 0.1) is 35.5 Å². The molecule has 0 spiro atoms. The minimum Gasteiger partial charge on any atom is -0.507 e. The summed E-state index contributed by atoms with van der Waals surface area (Å²) in [6, 6.07) is 19.2. The Hall–Kier alpha value is -4.17. The van der Waals surface area contributed by atoms with E-state index in [0.29, 0.717) is 45.8 Å². The van der Waals surface area contributed by atoms with E-state index in [2.05, 4.69) is 18.8 Å². The summed E-state index contributed by atoms with van der Waals surface area (Å²) >= 11 is 1.29. The first-order chi connectivity index (χ1) is 18.3. The lowest BCUT2D eigenvalue weighted by atomic mass is 9.93. The Morgan fingerprint density at radius 2 is 1.71 bits per heavy atom. The lowest BCUT2D eigenvalue weighted by Gasteiger charge is -2.23. The van der Waals surface area contributed by atoms with Crippen LogP contribution >= 0.6 is 11.3 Å². The fourth-order valence-corrected chi connectivity index (χ4v) is 5.58. The van der Waals surface area contributed by atoms with Gasteiger partial charge in [-0.15, -0.1) is 0 Å². The van der Waals surface area contributed by atoms with Crippen LogP contribution in [0.25, 0.3) is 16.0 Å². The van der Waals surface area contributed by atoms with Gasteiger partial charge in [-0.05, 0) is 66.4 Å². The summed E-state index contributed by atoms with van der Waals surface area (Å²) in [5.74, 6) is -0.0953. The number of carbonyl (C=O) groups excluding carboxylic acids is 2. The third kappa shape index (κ3) is 4.52. The third-order valence-electron chi connectivity index (χ3n) is 6.59. The molecule has 2 heterocycles. The number of amides is 1. The molecule has 0 aliphatic carbocycles. The van der Waals surface area contributed by atoms with Gasteiger partial charge in [-0.1, -0.05) is 49.4 Å². The number of fused-ring (bicyclic) bond motifs is 1. The normalized spacial score (nSPS) is 17.0. The van der Waals surface area contributed by atoms with Gasteiger partial charge in [0.1, 0.15) is 17.3 Å². The molecule has 4 aromatic rings. The third-order valence-corrected chi connectivity index (χ3v) is 7.61. The maximum atomic E-state index is 13.5. The van der Waals surface area contributed by atoms with Crippen LogP contribution in [0.3, 0.4) is 0 Å². The molecule has 1 aromatic heterocycles. The summed E-state index contributed by atoms with van der Waals surface area (Å²) in [6.07, 6.45) is 0. The quantitative estimate of drug-likeness (QED) is 0.168. The number of methoxy groups -OCH3 is 1. The van der Waals surface area contributed by atoms with Crippen LogP contribution in [0.5, 0.6) is 11.5 Å². The highest BCUT2D eigenvalue weighted by Gasteiger charge is 2.48. The second-order valence-electron chi connectivity index (χ2n) is 9.28. The van der Waals surface area contributed by atoms with Crippen molar-refractivity contribution in [2.75, 3.05) is 18.6 Å². The summed E-state index contributed by atoms with van der Waals surface area (Å²) in [5.41, 5.74) is 2.97. The van der Waals surface area contributed by atoms with Crippen molar-refractivity contribution in [2.24, 2.45) is 0 Å². The molecule has 1 aliphatic rings. The van der Waals surface area contributed by atoms with Crippen molar-refractivity contribution in [1.82, 2.24) is 4.98 Å². The highest BCUT2D eigenvalue weighted by atomic mass is 32.1. The molecule has 0 radical (unpaired) electrons. The first-order valence-electron chi connectivity index (χ1n) is 12.4. The number of anilines is 1. The monoisotopic (exact) mass is 528 g/mol. The van der Waals surface area contributed by atoms with Gasteiger partial charge in [-0.2, -0.15) is 0 Å². The van der Waals surface area contributed by atoms with Crippen molar-refractivity contribution in [3.8, 4) is 11.5 Å². The van der Waals surface area contributed by atoms with Gasteiger partial charge >= 0.3 is 5.91 Å². The molecule has 8 heteroatoms. The number of thiazole rings is 1. The SMILES string of the molecule is CCOc1ccc(/C(O)=C2\C(=O)C(=O)N(c3nc4ccc(OC)cc4s3)[C@@H]2c2ccc(C(C)C)cc2)cc1. The van der Waals surface area contributed by atoms with Crippen molar-refractivity contribution in [1.29, 1.82) is 0 Å². The van der Waals surface area contributed by atoms with Crippen LogP contribution in [0.2, 0.25) is 0 Å². The molecule has 38 heavy (non-hydrogen) atoms. The zero-order valence-corrected chi connectivity index (χ0v) is 22.4. The van der Waals surface area contributed by atoms with E-state index in [4.69, 9.17) is 9.47 Å². The number of benzene rings is 3. The van der Waals surface area contributed by atoms with Crippen LogP contribution < -0.4 is 14.4 Å². The van der Waals surface area contributed by atoms with E-state index in [-0.39, 0.29) is 11.3 Å². The first-order valence-corrected chi connectivity index (χ1v) is 13.2. The minimum absolute atomic E-state index is 0.0216. The fourth-order valence-electron chi connectivity index (χ4n) is 4.56. The highest BCUT2D eigenvalue weighted by Crippen LogP contribution is 2.45. The average Bonchev–Trinajstić information content (AvgIpc) is 3.46. The number of aliphatic hydroxyl groups is 1. The summed E-state index contributed by atoms with van der Waals surface area (Å²) in [5, 5.41) is 11.8. The fraction of sp³-hybridized carbons (Fsp3) is 0.233. The van der Waals surface area contributed by atoms with E-state index < -0.39 is 17.7 Å². The van der Waals surface area contributed by atoms with Crippen LogP contribution in [0.15, 0.2) is 72.3 Å². The lowest BCUT2D eigenvalue weighted by Crippen LogP contribution is -2.29. The smallest absolute Gasteiger partial charge is 0.301 e. The highest BCUT2D eigenvalue weighted by molar-refractivity contribution is 7.22. The van der Waals surface area contributed by atoms with Gasteiger partial charge in [0.15, 0.2) is 5.13 Å². The van der Waals surface area contributed by atoms with Gasteiger partial charge < -0.3 is 14.6 Å². The molecule has 0 saturated carbocycles. The first kappa shape index (κ1) is 25.5. The second-order valence-corrected chi connectivity index (χ2v) is 10.3. The van der Waals surface area contributed by atoms with E-state index in [9.17, 15) is 14.7 Å². The topological polar surface area (TPSA) is 89.0 Å². The van der Waals surface area contributed by atoms with E-state index >= 15 is 0 Å². The molecule has 1 saturated heterocycles. The Bertz CT molecular complexity index is 1540. The van der Waals surface area contributed by atoms with E-state index in [0.717, 1.165) is 10.3 Å². The molecule has 194 valence electrons. The number of nitrogens with zero attached hydrogens (tertiary/aromatic N) is 2. The van der Waals surface area contributed by atoms with Crippen LogP contribution in [0.4, 0.5) is 5.13 Å². The van der Waals surface area contributed by atoms with Crippen LogP contribution in [-0.4, -0.2) is 35.5 Å². The molecule has 5 rings (SSSR count). The predicted octanol–water partition coefficient (Wildman–Crippen LogP) is 6.45. The zero-order valence-electron chi connectivity index (χ0n) is 21.6. The summed E-state index contributed by atoms with van der Waals surface area (Å²) in [4.78, 5) is 33.0. The number of carbonyl (C=O) groups is 2. The maximum Gasteiger partial charge on any atom is 0.301 e. The number of aromatic nitrogens is 1. The molecule has 1 aliphatic heterocycles. The zero-order chi connectivity index (χ0) is 27.0. The van der Waals surface area contributed by atoms with E-state index in [1.165, 1.54) is 16.2 Å². The average molecular weight is 529 g/mol. The van der Waals surface area contributed by atoms with Crippen LogP contribution in [-0.2, 0) is 9.59 Å².